The summed E-state index contributed by atoms with van der Waals surface area (Å²) in [6.07, 6.45) is 18.6. The van der Waals surface area contributed by atoms with Crippen LogP contribution in [0.1, 0.15) is 75.7 Å². The lowest BCUT2D eigenvalue weighted by molar-refractivity contribution is 0.148. The maximum Gasteiger partial charge on any atom is 0.0270 e. The second-order valence-corrected chi connectivity index (χ2v) is 6.47. The van der Waals surface area contributed by atoms with Gasteiger partial charge in [0.1, 0.15) is 0 Å². The second kappa shape index (κ2) is 5.42. The molecule has 0 unspecified atom stereocenters. The molecule has 0 atom stereocenters. The number of rotatable bonds is 1. The molecule has 2 saturated carbocycles. The van der Waals surface area contributed by atoms with Gasteiger partial charge in [0.25, 0.3) is 0 Å². The summed E-state index contributed by atoms with van der Waals surface area (Å²) in [5.74, 6) is 0.807. The highest BCUT2D eigenvalue weighted by Crippen LogP contribution is 2.50. The van der Waals surface area contributed by atoms with Crippen molar-refractivity contribution < 1.29 is 0 Å². The van der Waals surface area contributed by atoms with Crippen LogP contribution in [0.25, 0.3) is 0 Å². The van der Waals surface area contributed by atoms with Crippen LogP contribution < -0.4 is 0 Å². The molecule has 1 heteroatoms. The normalized spacial score (nSPS) is 24.9. The Morgan fingerprint density at radius 3 is 2.06 bits per heavy atom. The molecule has 0 bridgehead atoms. The molecule has 18 heavy (non-hydrogen) atoms. The Labute approximate surface area is 111 Å². The quantitative estimate of drug-likeness (QED) is 0.670. The van der Waals surface area contributed by atoms with E-state index in [-0.39, 0.29) is 0 Å². The lowest BCUT2D eigenvalue weighted by atomic mass is 9.65. The number of hydrogen-bond donors (Lipinski definition) is 0. The predicted molar refractivity (Wildman–Crippen MR) is 75.6 cm³/mol. The Kier molecular flexibility index (Phi) is 3.67. The summed E-state index contributed by atoms with van der Waals surface area (Å²) in [5, 5.41) is 0. The second-order valence-electron chi connectivity index (χ2n) is 6.47. The Hall–Kier alpha value is -0.850. The molecule has 1 aromatic rings. The third kappa shape index (κ3) is 2.60. The molecule has 1 aromatic heterocycles. The monoisotopic (exact) mass is 243 g/mol. The van der Waals surface area contributed by atoms with E-state index in [0.717, 1.165) is 11.3 Å². The van der Waals surface area contributed by atoms with E-state index in [1.807, 2.05) is 12.4 Å². The van der Waals surface area contributed by atoms with E-state index in [4.69, 9.17) is 0 Å². The molecule has 1 spiro atoms. The molecule has 0 aromatic carbocycles. The van der Waals surface area contributed by atoms with Crippen LogP contribution in [0.5, 0.6) is 0 Å². The first-order valence-electron chi connectivity index (χ1n) is 7.78. The van der Waals surface area contributed by atoms with Gasteiger partial charge in [0.15, 0.2) is 0 Å². The summed E-state index contributed by atoms with van der Waals surface area (Å²) in [7, 11) is 0. The average molecular weight is 243 g/mol. The van der Waals surface area contributed by atoms with Gasteiger partial charge in [-0.2, -0.15) is 0 Å². The van der Waals surface area contributed by atoms with E-state index < -0.39 is 0 Å². The van der Waals surface area contributed by atoms with Gasteiger partial charge in [-0.1, -0.05) is 25.7 Å². The molecule has 0 N–H and O–H groups in total. The summed E-state index contributed by atoms with van der Waals surface area (Å²) >= 11 is 0. The van der Waals surface area contributed by atoms with Crippen LogP contribution >= 0.6 is 0 Å². The fraction of sp³-hybridized carbons (Fsp3) is 0.706. The minimum absolute atomic E-state index is 0.736. The molecule has 0 aliphatic heterocycles. The van der Waals surface area contributed by atoms with Crippen molar-refractivity contribution in [3.8, 4) is 0 Å². The van der Waals surface area contributed by atoms with Crippen molar-refractivity contribution in [2.75, 3.05) is 0 Å². The van der Waals surface area contributed by atoms with Crippen molar-refractivity contribution >= 4 is 0 Å². The van der Waals surface area contributed by atoms with Crippen molar-refractivity contribution in [1.82, 2.24) is 4.98 Å². The Bertz CT molecular complexity index is 352. The largest absolute Gasteiger partial charge is 0.265 e. The number of hydrogen-bond acceptors (Lipinski definition) is 1. The maximum absolute atomic E-state index is 4.14. The lowest BCUT2D eigenvalue weighted by Crippen LogP contribution is -2.26. The third-order valence-corrected chi connectivity index (χ3v) is 5.39. The van der Waals surface area contributed by atoms with Crippen LogP contribution in [0.3, 0.4) is 0 Å². The van der Waals surface area contributed by atoms with Gasteiger partial charge in [0, 0.05) is 12.4 Å². The zero-order valence-corrected chi connectivity index (χ0v) is 11.4. The van der Waals surface area contributed by atoms with Gasteiger partial charge in [-0.15, -0.1) is 0 Å². The van der Waals surface area contributed by atoms with E-state index in [2.05, 4.69) is 17.1 Å². The molecule has 0 amide bonds. The topological polar surface area (TPSA) is 12.9 Å². The van der Waals surface area contributed by atoms with E-state index in [1.165, 1.54) is 69.8 Å². The number of nitrogens with zero attached hydrogens (tertiary/aromatic N) is 1. The van der Waals surface area contributed by atoms with Crippen molar-refractivity contribution in [3.05, 3.63) is 30.1 Å². The summed E-state index contributed by atoms with van der Waals surface area (Å²) < 4.78 is 0. The summed E-state index contributed by atoms with van der Waals surface area (Å²) in [6.45, 7) is 0. The third-order valence-electron chi connectivity index (χ3n) is 5.39. The van der Waals surface area contributed by atoms with Gasteiger partial charge in [-0.25, -0.2) is 0 Å². The summed E-state index contributed by atoms with van der Waals surface area (Å²) in [4.78, 5) is 4.14. The van der Waals surface area contributed by atoms with Gasteiger partial charge in [-0.05, 0) is 67.6 Å². The van der Waals surface area contributed by atoms with Crippen molar-refractivity contribution in [1.29, 1.82) is 0 Å². The van der Waals surface area contributed by atoms with Crippen LogP contribution in [0.4, 0.5) is 0 Å². The van der Waals surface area contributed by atoms with Crippen LogP contribution in [-0.2, 0) is 0 Å². The minimum Gasteiger partial charge on any atom is -0.265 e. The molecule has 1 heterocycles. The smallest absolute Gasteiger partial charge is 0.0270 e. The molecular formula is C17H25N. The van der Waals surface area contributed by atoms with Gasteiger partial charge >= 0.3 is 0 Å². The Balaban J connectivity index is 1.63. The van der Waals surface area contributed by atoms with Crippen molar-refractivity contribution in [2.45, 2.75) is 70.1 Å². The Morgan fingerprint density at radius 2 is 1.44 bits per heavy atom. The van der Waals surface area contributed by atoms with Crippen molar-refractivity contribution in [3.63, 3.8) is 0 Å². The van der Waals surface area contributed by atoms with Gasteiger partial charge in [-0.3, -0.25) is 4.98 Å². The molecule has 2 aliphatic rings. The van der Waals surface area contributed by atoms with Gasteiger partial charge in [0.05, 0.1) is 0 Å². The summed E-state index contributed by atoms with van der Waals surface area (Å²) in [5.41, 5.74) is 2.26. The molecule has 0 saturated heterocycles. The summed E-state index contributed by atoms with van der Waals surface area (Å²) in [6, 6.07) is 4.44. The first-order chi connectivity index (χ1) is 8.88. The van der Waals surface area contributed by atoms with E-state index in [0.29, 0.717) is 0 Å². The van der Waals surface area contributed by atoms with E-state index >= 15 is 0 Å². The molecule has 2 fully saturated rings. The van der Waals surface area contributed by atoms with Crippen LogP contribution in [0, 0.1) is 5.41 Å². The van der Waals surface area contributed by atoms with E-state index in [9.17, 15) is 0 Å². The number of pyridine rings is 1. The molecule has 1 nitrogen and oxygen atoms in total. The molecule has 3 rings (SSSR count). The highest BCUT2D eigenvalue weighted by atomic mass is 14.6. The zero-order valence-electron chi connectivity index (χ0n) is 11.4. The Morgan fingerprint density at radius 1 is 0.833 bits per heavy atom. The minimum atomic E-state index is 0.736. The molecular weight excluding hydrogens is 218 g/mol. The van der Waals surface area contributed by atoms with Crippen LogP contribution in [0.2, 0.25) is 0 Å². The first-order valence-corrected chi connectivity index (χ1v) is 7.78. The highest BCUT2D eigenvalue weighted by Gasteiger charge is 2.35. The average Bonchev–Trinajstić information content (AvgIpc) is 2.67. The molecule has 0 radical (unpaired) electrons. The number of aromatic nitrogens is 1. The van der Waals surface area contributed by atoms with Gasteiger partial charge in [0.2, 0.25) is 0 Å². The fourth-order valence-electron chi connectivity index (χ4n) is 4.18. The predicted octanol–water partition coefficient (Wildman–Crippen LogP) is 5.08. The zero-order chi connectivity index (χ0) is 12.3. The molecule has 98 valence electrons. The van der Waals surface area contributed by atoms with E-state index in [1.54, 1.807) is 0 Å². The van der Waals surface area contributed by atoms with Crippen LogP contribution in [0.15, 0.2) is 24.5 Å². The maximum atomic E-state index is 4.14. The lowest BCUT2D eigenvalue weighted by Gasteiger charge is -2.40. The van der Waals surface area contributed by atoms with Gasteiger partial charge < -0.3 is 0 Å². The first kappa shape index (κ1) is 12.2. The molecule has 2 aliphatic carbocycles. The van der Waals surface area contributed by atoms with Crippen molar-refractivity contribution in [2.24, 2.45) is 5.41 Å². The SMILES string of the molecule is c1cc(C2CCC3(CCCCCC3)CC2)ccn1. The standard InChI is InChI=1S/C17H25N/c1-2-4-10-17(9-3-1)11-5-15(6-12-17)16-7-13-18-14-8-16/h7-8,13-15H,1-6,9-12H2. The fourth-order valence-corrected chi connectivity index (χ4v) is 4.18. The van der Waals surface area contributed by atoms with Crippen LogP contribution in [-0.4, -0.2) is 4.98 Å². The highest BCUT2D eigenvalue weighted by molar-refractivity contribution is 5.16.